The van der Waals surface area contributed by atoms with Gasteiger partial charge in [0.05, 0.1) is 0 Å². The fourth-order valence-corrected chi connectivity index (χ4v) is 0.418. The van der Waals surface area contributed by atoms with E-state index < -0.39 is 0 Å². The van der Waals surface area contributed by atoms with E-state index in [4.69, 9.17) is 0 Å². The molecule has 1 heteroatoms. The van der Waals surface area contributed by atoms with Crippen LogP contribution in [0.1, 0.15) is 34.6 Å². The van der Waals surface area contributed by atoms with Crippen molar-refractivity contribution in [3.63, 3.8) is 0 Å². The predicted molar refractivity (Wildman–Crippen MR) is 54.4 cm³/mol. The van der Waals surface area contributed by atoms with Crippen LogP contribution in [-0.4, -0.2) is 13.3 Å². The van der Waals surface area contributed by atoms with E-state index in [-0.39, 0.29) is 5.41 Å². The van der Waals surface area contributed by atoms with Crippen LogP contribution in [0.2, 0.25) is 0 Å². The van der Waals surface area contributed by atoms with Crippen molar-refractivity contribution in [2.45, 2.75) is 34.6 Å². The van der Waals surface area contributed by atoms with Crippen LogP contribution in [0.15, 0.2) is 17.1 Å². The Morgan fingerprint density at radius 1 is 1.09 bits per heavy atom. The van der Waals surface area contributed by atoms with E-state index in [2.05, 4.69) is 31.8 Å². The molecule has 0 rings (SSSR count). The Bertz CT molecular complexity index is 115. The van der Waals surface area contributed by atoms with Gasteiger partial charge in [-0.05, 0) is 11.5 Å². The van der Waals surface area contributed by atoms with Crippen molar-refractivity contribution in [3.05, 3.63) is 12.2 Å². The smallest absolute Gasteiger partial charge is 0.0277 e. The van der Waals surface area contributed by atoms with Gasteiger partial charge in [0.1, 0.15) is 0 Å². The zero-order chi connectivity index (χ0) is 9.33. The maximum Gasteiger partial charge on any atom is 0.0277 e. The molecule has 0 amide bonds. The van der Waals surface area contributed by atoms with Gasteiger partial charge < -0.3 is 0 Å². The van der Waals surface area contributed by atoms with Gasteiger partial charge >= 0.3 is 0 Å². The molecule has 11 heavy (non-hydrogen) atoms. The lowest BCUT2D eigenvalue weighted by Crippen LogP contribution is -1.98. The third-order valence-corrected chi connectivity index (χ3v) is 0.831. The van der Waals surface area contributed by atoms with Crippen LogP contribution < -0.4 is 0 Å². The molecule has 1 nitrogen and oxygen atoms in total. The summed E-state index contributed by atoms with van der Waals surface area (Å²) < 4.78 is 0. The molecule has 0 heterocycles. The fraction of sp³-hybridized carbons (Fsp3) is 0.700. The summed E-state index contributed by atoms with van der Waals surface area (Å²) in [6.07, 6.45) is 5.89. The molecule has 0 radical (unpaired) electrons. The number of rotatable bonds is 1. The second-order valence-electron chi connectivity index (χ2n) is 3.13. The molecule has 0 aromatic carbocycles. The molecule has 0 saturated carbocycles. The summed E-state index contributed by atoms with van der Waals surface area (Å²) in [5.74, 6) is 0. The van der Waals surface area contributed by atoms with E-state index in [0.717, 1.165) is 0 Å². The van der Waals surface area contributed by atoms with E-state index >= 15 is 0 Å². The van der Waals surface area contributed by atoms with Gasteiger partial charge in [0.25, 0.3) is 0 Å². The van der Waals surface area contributed by atoms with Crippen LogP contribution in [0.4, 0.5) is 0 Å². The van der Waals surface area contributed by atoms with Crippen LogP contribution in [0.25, 0.3) is 0 Å². The van der Waals surface area contributed by atoms with Crippen molar-refractivity contribution in [2.24, 2.45) is 10.4 Å². The van der Waals surface area contributed by atoms with E-state index in [1.165, 1.54) is 0 Å². The molecule has 0 atom stereocenters. The molecule has 0 spiro atoms. The third kappa shape index (κ3) is 17.7. The minimum Gasteiger partial charge on any atom is -0.297 e. The third-order valence-electron chi connectivity index (χ3n) is 0.831. The normalized spacial score (nSPS) is 11.8. The number of allylic oxidation sites excluding steroid dienone is 2. The van der Waals surface area contributed by atoms with Crippen LogP contribution in [0.3, 0.4) is 0 Å². The highest BCUT2D eigenvalue weighted by Crippen LogP contribution is 2.13. The first-order valence-corrected chi connectivity index (χ1v) is 4.16. The van der Waals surface area contributed by atoms with Crippen molar-refractivity contribution in [2.75, 3.05) is 7.05 Å². The van der Waals surface area contributed by atoms with E-state index in [0.29, 0.717) is 0 Å². The van der Waals surface area contributed by atoms with Gasteiger partial charge in [0.15, 0.2) is 0 Å². The molecule has 0 aromatic rings. The molecule has 0 unspecified atom stereocenters. The number of aliphatic imine (C=N–C) groups is 1. The summed E-state index contributed by atoms with van der Waals surface area (Å²) in [7, 11) is 1.77. The predicted octanol–water partition coefficient (Wildman–Crippen LogP) is 3.32. The molecule has 0 saturated heterocycles. The molecule has 66 valence electrons. The number of nitrogens with zero attached hydrogens (tertiary/aromatic N) is 1. The maximum absolute atomic E-state index is 3.83. The van der Waals surface area contributed by atoms with Gasteiger partial charge in [0, 0.05) is 13.3 Å². The Labute approximate surface area is 71.2 Å². The molecule has 0 aliphatic heterocycles. The SMILES string of the molecule is CC.CN=C/C=C\C(C)(C)C. The first kappa shape index (κ1) is 13.0. The highest BCUT2D eigenvalue weighted by Gasteiger charge is 2.01. The van der Waals surface area contributed by atoms with Crippen LogP contribution >= 0.6 is 0 Å². The lowest BCUT2D eigenvalue weighted by atomic mass is 9.97. The molecule has 0 bridgehead atoms. The van der Waals surface area contributed by atoms with Crippen LogP contribution in [-0.2, 0) is 0 Å². The average Bonchev–Trinajstić information content (AvgIpc) is 1.90. The summed E-state index contributed by atoms with van der Waals surface area (Å²) in [4.78, 5) is 3.83. The first-order chi connectivity index (χ1) is 5.06. The number of hydrogen-bond donors (Lipinski definition) is 0. The monoisotopic (exact) mass is 155 g/mol. The quantitative estimate of drug-likeness (QED) is 0.515. The zero-order valence-corrected chi connectivity index (χ0v) is 8.68. The molecular formula is C10H21N. The first-order valence-electron chi connectivity index (χ1n) is 4.16. The molecule has 0 aliphatic carbocycles. The van der Waals surface area contributed by atoms with E-state index in [1.807, 2.05) is 19.9 Å². The van der Waals surface area contributed by atoms with Crippen LogP contribution in [0.5, 0.6) is 0 Å². The Balaban J connectivity index is 0. The van der Waals surface area contributed by atoms with Gasteiger partial charge in [-0.2, -0.15) is 0 Å². The van der Waals surface area contributed by atoms with Crippen molar-refractivity contribution in [1.82, 2.24) is 0 Å². The fourth-order valence-electron chi connectivity index (χ4n) is 0.418. The lowest BCUT2D eigenvalue weighted by Gasteiger charge is -2.09. The summed E-state index contributed by atoms with van der Waals surface area (Å²) in [6, 6.07) is 0. The van der Waals surface area contributed by atoms with Gasteiger partial charge in [0.2, 0.25) is 0 Å². The van der Waals surface area contributed by atoms with Crippen molar-refractivity contribution in [1.29, 1.82) is 0 Å². The topological polar surface area (TPSA) is 12.4 Å². The van der Waals surface area contributed by atoms with Crippen molar-refractivity contribution < 1.29 is 0 Å². The molecular weight excluding hydrogens is 134 g/mol. The van der Waals surface area contributed by atoms with Gasteiger partial charge in [-0.1, -0.05) is 40.7 Å². The largest absolute Gasteiger partial charge is 0.297 e. The minimum atomic E-state index is 0.279. The zero-order valence-electron chi connectivity index (χ0n) is 8.68. The van der Waals surface area contributed by atoms with Gasteiger partial charge in [-0.3, -0.25) is 4.99 Å². The van der Waals surface area contributed by atoms with Crippen LogP contribution in [0, 0.1) is 5.41 Å². The summed E-state index contributed by atoms with van der Waals surface area (Å²) in [5, 5.41) is 0. The standard InChI is InChI=1S/C8H15N.C2H6/c1-8(2,3)6-5-7-9-4;1-2/h5-7H,1-4H3;1-2H3/b6-5-,9-7?;. The highest BCUT2D eigenvalue weighted by atomic mass is 14.6. The lowest BCUT2D eigenvalue weighted by molar-refractivity contribution is 0.545. The second kappa shape index (κ2) is 7.52. The highest BCUT2D eigenvalue weighted by molar-refractivity contribution is 5.70. The molecule has 0 N–H and O–H groups in total. The summed E-state index contributed by atoms with van der Waals surface area (Å²) in [5.41, 5.74) is 0.279. The maximum atomic E-state index is 3.83. The van der Waals surface area contributed by atoms with Crippen molar-refractivity contribution in [3.8, 4) is 0 Å². The molecule has 0 fully saturated rings. The Kier molecular flexibility index (Phi) is 8.91. The number of hydrogen-bond acceptors (Lipinski definition) is 1. The average molecular weight is 155 g/mol. The van der Waals surface area contributed by atoms with E-state index in [1.54, 1.807) is 13.3 Å². The molecule has 0 aliphatic rings. The van der Waals surface area contributed by atoms with Gasteiger partial charge in [-0.15, -0.1) is 0 Å². The van der Waals surface area contributed by atoms with Gasteiger partial charge in [-0.25, -0.2) is 0 Å². The Morgan fingerprint density at radius 2 is 1.55 bits per heavy atom. The van der Waals surface area contributed by atoms with Crippen molar-refractivity contribution >= 4 is 6.21 Å². The summed E-state index contributed by atoms with van der Waals surface area (Å²) >= 11 is 0. The van der Waals surface area contributed by atoms with E-state index in [9.17, 15) is 0 Å². The second-order valence-corrected chi connectivity index (χ2v) is 3.13. The Morgan fingerprint density at radius 3 is 1.82 bits per heavy atom. The minimum absolute atomic E-state index is 0.279. The molecule has 0 aromatic heterocycles. The Hall–Kier alpha value is -0.590. The summed E-state index contributed by atoms with van der Waals surface area (Å²) in [6.45, 7) is 10.5.